The van der Waals surface area contributed by atoms with Gasteiger partial charge in [0, 0.05) is 32.2 Å². The average Bonchev–Trinajstić information content (AvgIpc) is 2.46. The lowest BCUT2D eigenvalue weighted by Gasteiger charge is -2.39. The molecule has 20 heavy (non-hydrogen) atoms. The number of nitrogens with zero attached hydrogens (tertiary/aromatic N) is 2. The minimum absolute atomic E-state index is 0. The molecular formula is C14H30ClN3O2. The highest BCUT2D eigenvalue weighted by molar-refractivity contribution is 5.85. The zero-order valence-corrected chi connectivity index (χ0v) is 13.6. The van der Waals surface area contributed by atoms with E-state index >= 15 is 0 Å². The summed E-state index contributed by atoms with van der Waals surface area (Å²) in [4.78, 5) is 16.3. The van der Waals surface area contributed by atoms with Crippen molar-refractivity contribution >= 4 is 18.3 Å². The molecule has 1 fully saturated rings. The van der Waals surface area contributed by atoms with E-state index in [0.717, 1.165) is 51.9 Å². The predicted molar refractivity (Wildman–Crippen MR) is 84.1 cm³/mol. The van der Waals surface area contributed by atoms with Crippen LogP contribution in [0, 0.1) is 0 Å². The number of amides is 1. The Hall–Kier alpha value is -0.360. The van der Waals surface area contributed by atoms with Gasteiger partial charge in [0.25, 0.3) is 0 Å². The van der Waals surface area contributed by atoms with E-state index in [9.17, 15) is 9.90 Å². The molecule has 0 saturated carbocycles. The molecular weight excluding hydrogens is 278 g/mol. The molecule has 1 saturated heterocycles. The van der Waals surface area contributed by atoms with Crippen LogP contribution in [0.3, 0.4) is 0 Å². The molecule has 0 aliphatic carbocycles. The van der Waals surface area contributed by atoms with Crippen LogP contribution in [0.15, 0.2) is 0 Å². The fraction of sp³-hybridized carbons (Fsp3) is 0.929. The van der Waals surface area contributed by atoms with E-state index in [4.69, 9.17) is 5.73 Å². The first-order valence-corrected chi connectivity index (χ1v) is 7.53. The third-order valence-corrected chi connectivity index (χ3v) is 4.01. The summed E-state index contributed by atoms with van der Waals surface area (Å²) in [5.41, 5.74) is 5.94. The average molecular weight is 308 g/mol. The molecule has 0 aromatic heterocycles. The number of aliphatic hydroxyl groups excluding tert-OH is 1. The minimum Gasteiger partial charge on any atom is -0.395 e. The summed E-state index contributed by atoms with van der Waals surface area (Å²) in [5.74, 6) is 0.0881. The Morgan fingerprint density at radius 1 is 1.25 bits per heavy atom. The van der Waals surface area contributed by atoms with Crippen molar-refractivity contribution in [3.63, 3.8) is 0 Å². The second kappa shape index (κ2) is 10.4. The Kier molecular flexibility index (Phi) is 10.2. The summed E-state index contributed by atoms with van der Waals surface area (Å²) in [6, 6.07) is -0.114. The fourth-order valence-corrected chi connectivity index (χ4v) is 2.59. The summed E-state index contributed by atoms with van der Waals surface area (Å²) >= 11 is 0. The van der Waals surface area contributed by atoms with Crippen molar-refractivity contribution in [3.05, 3.63) is 0 Å². The van der Waals surface area contributed by atoms with Gasteiger partial charge < -0.3 is 15.7 Å². The van der Waals surface area contributed by atoms with Crippen LogP contribution in [-0.4, -0.2) is 65.7 Å². The number of halogens is 1. The fourth-order valence-electron chi connectivity index (χ4n) is 2.59. The van der Waals surface area contributed by atoms with Gasteiger partial charge in [0.1, 0.15) is 0 Å². The van der Waals surface area contributed by atoms with Crippen LogP contribution in [0.4, 0.5) is 0 Å². The number of carbonyl (C=O) groups excluding carboxylic acids is 1. The first-order chi connectivity index (χ1) is 9.13. The second-order valence-corrected chi connectivity index (χ2v) is 5.35. The molecule has 2 atom stereocenters. The molecule has 0 spiro atoms. The lowest BCUT2D eigenvalue weighted by atomic mass is 10.1. The zero-order valence-electron chi connectivity index (χ0n) is 12.8. The maximum absolute atomic E-state index is 12.2. The standard InChI is InChI=1S/C14H29N3O2.ClH/c1-3-5-6-13(15)14(19)17-9-7-16(8-10-17)12(4-2)11-18;/h12-13,18H,3-11,15H2,1-2H3;1H. The van der Waals surface area contributed by atoms with Crippen molar-refractivity contribution in [2.75, 3.05) is 32.8 Å². The molecule has 5 nitrogen and oxygen atoms in total. The summed E-state index contributed by atoms with van der Waals surface area (Å²) in [7, 11) is 0. The lowest BCUT2D eigenvalue weighted by Crippen LogP contribution is -2.55. The number of piperazine rings is 1. The molecule has 1 rings (SSSR count). The van der Waals surface area contributed by atoms with Crippen LogP contribution in [0.25, 0.3) is 0 Å². The van der Waals surface area contributed by atoms with Crippen molar-refractivity contribution in [2.24, 2.45) is 5.73 Å². The Balaban J connectivity index is 0.00000361. The van der Waals surface area contributed by atoms with Gasteiger partial charge >= 0.3 is 0 Å². The van der Waals surface area contributed by atoms with E-state index in [0.29, 0.717) is 0 Å². The third-order valence-electron chi connectivity index (χ3n) is 4.01. The minimum atomic E-state index is -0.341. The van der Waals surface area contributed by atoms with E-state index in [1.165, 1.54) is 0 Å². The van der Waals surface area contributed by atoms with Crippen molar-refractivity contribution in [3.8, 4) is 0 Å². The highest BCUT2D eigenvalue weighted by Crippen LogP contribution is 2.11. The van der Waals surface area contributed by atoms with Gasteiger partial charge in [-0.15, -0.1) is 12.4 Å². The monoisotopic (exact) mass is 307 g/mol. The number of unbranched alkanes of at least 4 members (excludes halogenated alkanes) is 1. The topological polar surface area (TPSA) is 69.8 Å². The Labute approximate surface area is 128 Å². The molecule has 0 bridgehead atoms. The normalized spacial score (nSPS) is 19.3. The molecule has 1 aliphatic rings. The number of nitrogens with two attached hydrogens (primary N) is 1. The third kappa shape index (κ3) is 5.56. The highest BCUT2D eigenvalue weighted by Gasteiger charge is 2.27. The molecule has 1 aliphatic heterocycles. The van der Waals surface area contributed by atoms with E-state index < -0.39 is 0 Å². The van der Waals surface area contributed by atoms with Crippen molar-refractivity contribution < 1.29 is 9.90 Å². The Morgan fingerprint density at radius 3 is 2.30 bits per heavy atom. The number of hydrogen-bond donors (Lipinski definition) is 2. The van der Waals surface area contributed by atoms with Gasteiger partial charge in [-0.2, -0.15) is 0 Å². The first kappa shape index (κ1) is 19.6. The molecule has 0 aromatic rings. The summed E-state index contributed by atoms with van der Waals surface area (Å²) < 4.78 is 0. The van der Waals surface area contributed by atoms with E-state index in [1.807, 2.05) is 4.90 Å². The number of carbonyl (C=O) groups is 1. The number of aliphatic hydroxyl groups is 1. The van der Waals surface area contributed by atoms with Crippen molar-refractivity contribution in [2.45, 2.75) is 51.6 Å². The quantitative estimate of drug-likeness (QED) is 0.731. The van der Waals surface area contributed by atoms with Crippen molar-refractivity contribution in [1.82, 2.24) is 9.80 Å². The van der Waals surface area contributed by atoms with Crippen LogP contribution in [0.1, 0.15) is 39.5 Å². The molecule has 0 aromatic carbocycles. The predicted octanol–water partition coefficient (Wildman–Crippen LogP) is 0.841. The van der Waals surface area contributed by atoms with Crippen LogP contribution in [-0.2, 0) is 4.79 Å². The summed E-state index contributed by atoms with van der Waals surface area (Å²) in [6.45, 7) is 7.52. The smallest absolute Gasteiger partial charge is 0.239 e. The molecule has 1 heterocycles. The van der Waals surface area contributed by atoms with Gasteiger partial charge in [0.05, 0.1) is 12.6 Å². The second-order valence-electron chi connectivity index (χ2n) is 5.35. The zero-order chi connectivity index (χ0) is 14.3. The van der Waals surface area contributed by atoms with Crippen molar-refractivity contribution in [1.29, 1.82) is 0 Å². The molecule has 2 unspecified atom stereocenters. The number of hydrogen-bond acceptors (Lipinski definition) is 4. The maximum atomic E-state index is 12.2. The molecule has 1 amide bonds. The lowest BCUT2D eigenvalue weighted by molar-refractivity contribution is -0.135. The van der Waals surface area contributed by atoms with Gasteiger partial charge in [0.2, 0.25) is 5.91 Å². The van der Waals surface area contributed by atoms with Crippen LogP contribution < -0.4 is 5.73 Å². The highest BCUT2D eigenvalue weighted by atomic mass is 35.5. The maximum Gasteiger partial charge on any atom is 0.239 e. The SMILES string of the molecule is CCCCC(N)C(=O)N1CCN(C(CC)CO)CC1.Cl. The Morgan fingerprint density at radius 2 is 1.85 bits per heavy atom. The Bertz CT molecular complexity index is 267. The van der Waals surface area contributed by atoms with E-state index in [2.05, 4.69) is 18.7 Å². The van der Waals surface area contributed by atoms with Crippen LogP contribution in [0.5, 0.6) is 0 Å². The van der Waals surface area contributed by atoms with E-state index in [1.54, 1.807) is 0 Å². The van der Waals surface area contributed by atoms with Gasteiger partial charge in [0.15, 0.2) is 0 Å². The van der Waals surface area contributed by atoms with Crippen LogP contribution in [0.2, 0.25) is 0 Å². The number of rotatable bonds is 7. The summed E-state index contributed by atoms with van der Waals surface area (Å²) in [5, 5.41) is 9.30. The van der Waals surface area contributed by atoms with Gasteiger partial charge in [-0.3, -0.25) is 9.69 Å². The summed E-state index contributed by atoms with van der Waals surface area (Å²) in [6.07, 6.45) is 3.81. The van der Waals surface area contributed by atoms with Crippen LogP contribution >= 0.6 is 12.4 Å². The van der Waals surface area contributed by atoms with E-state index in [-0.39, 0.29) is 37.0 Å². The largest absolute Gasteiger partial charge is 0.395 e. The molecule has 6 heteroatoms. The molecule has 120 valence electrons. The molecule has 3 N–H and O–H groups in total. The first-order valence-electron chi connectivity index (χ1n) is 7.53. The van der Waals surface area contributed by atoms with Gasteiger partial charge in [-0.1, -0.05) is 26.7 Å². The van der Waals surface area contributed by atoms with Gasteiger partial charge in [-0.05, 0) is 12.8 Å². The molecule has 0 radical (unpaired) electrons. The van der Waals surface area contributed by atoms with Gasteiger partial charge in [-0.25, -0.2) is 0 Å².